The summed E-state index contributed by atoms with van der Waals surface area (Å²) in [6.07, 6.45) is 2.18. The van der Waals surface area contributed by atoms with Gasteiger partial charge < -0.3 is 4.74 Å². The van der Waals surface area contributed by atoms with Gasteiger partial charge in [0.1, 0.15) is 0 Å². The molecule has 7 heteroatoms. The number of carbonyl (C=O) groups is 1. The average Bonchev–Trinajstić information content (AvgIpc) is 2.59. The zero-order chi connectivity index (χ0) is 11.3. The van der Waals surface area contributed by atoms with Crippen molar-refractivity contribution in [3.8, 4) is 0 Å². The van der Waals surface area contributed by atoms with Crippen molar-refractivity contribution in [1.29, 1.82) is 0 Å². The van der Waals surface area contributed by atoms with Crippen LogP contribution in [0.25, 0.3) is 10.4 Å². The second-order valence-corrected chi connectivity index (χ2v) is 2.87. The van der Waals surface area contributed by atoms with Crippen LogP contribution in [0, 0.1) is 0 Å². The molecule has 1 aromatic heterocycles. The third-order valence-corrected chi connectivity index (χ3v) is 1.83. The molecule has 7 nitrogen and oxygen atoms in total. The first kappa shape index (κ1) is 11.1. The van der Waals surface area contributed by atoms with Crippen molar-refractivity contribution in [2.24, 2.45) is 12.2 Å². The molecule has 1 rings (SSSR count). The number of ether oxygens (including phenoxy) is 1. The second-order valence-electron chi connectivity index (χ2n) is 2.87. The topological polar surface area (TPSA) is 92.9 Å². The lowest BCUT2D eigenvalue weighted by molar-refractivity contribution is 0.0592. The van der Waals surface area contributed by atoms with Gasteiger partial charge in [0, 0.05) is 30.3 Å². The van der Waals surface area contributed by atoms with E-state index in [1.165, 1.54) is 11.8 Å². The summed E-state index contributed by atoms with van der Waals surface area (Å²) in [5, 5.41) is 7.36. The number of carbonyl (C=O) groups excluding carboxylic acids is 1. The van der Waals surface area contributed by atoms with Gasteiger partial charge in [-0.25, -0.2) is 4.79 Å². The standard InChI is InChI=1S/C8H11N5O2/c1-13-5-6(3-4-10-12-9)7(11-13)8(14)15-2/h5H,3-4H2,1-2H3. The smallest absolute Gasteiger partial charge is 0.358 e. The van der Waals surface area contributed by atoms with Crippen LogP contribution in [0.1, 0.15) is 16.1 Å². The lowest BCUT2D eigenvalue weighted by Gasteiger charge is -1.97. The number of methoxy groups -OCH3 is 1. The fourth-order valence-corrected chi connectivity index (χ4v) is 1.20. The molecule has 0 atom stereocenters. The van der Waals surface area contributed by atoms with Gasteiger partial charge in [-0.1, -0.05) is 5.11 Å². The third kappa shape index (κ3) is 2.72. The van der Waals surface area contributed by atoms with E-state index < -0.39 is 5.97 Å². The van der Waals surface area contributed by atoms with E-state index in [0.717, 1.165) is 5.56 Å². The number of azide groups is 1. The molecule has 0 spiro atoms. The molecular weight excluding hydrogens is 198 g/mol. The molecule has 0 saturated heterocycles. The normalized spacial score (nSPS) is 9.47. The highest BCUT2D eigenvalue weighted by Gasteiger charge is 2.15. The minimum atomic E-state index is -0.480. The van der Waals surface area contributed by atoms with Gasteiger partial charge in [0.2, 0.25) is 0 Å². The summed E-state index contributed by atoms with van der Waals surface area (Å²) >= 11 is 0. The van der Waals surface area contributed by atoms with Gasteiger partial charge in [0.25, 0.3) is 0 Å². The fourth-order valence-electron chi connectivity index (χ4n) is 1.20. The Hall–Kier alpha value is -2.01. The highest BCUT2D eigenvalue weighted by atomic mass is 16.5. The van der Waals surface area contributed by atoms with Crippen molar-refractivity contribution >= 4 is 5.97 Å². The second kappa shape index (κ2) is 5.02. The van der Waals surface area contributed by atoms with Crippen LogP contribution in [-0.2, 0) is 18.2 Å². The van der Waals surface area contributed by atoms with Crippen LogP contribution in [-0.4, -0.2) is 29.4 Å². The first-order chi connectivity index (χ1) is 7.19. The van der Waals surface area contributed by atoms with Gasteiger partial charge >= 0.3 is 5.97 Å². The average molecular weight is 209 g/mol. The van der Waals surface area contributed by atoms with E-state index in [9.17, 15) is 4.79 Å². The first-order valence-electron chi connectivity index (χ1n) is 4.30. The lowest BCUT2D eigenvalue weighted by Crippen LogP contribution is -2.06. The highest BCUT2D eigenvalue weighted by molar-refractivity contribution is 5.88. The predicted octanol–water partition coefficient (Wildman–Crippen LogP) is 1.06. The van der Waals surface area contributed by atoms with Crippen molar-refractivity contribution in [3.05, 3.63) is 27.9 Å². The largest absolute Gasteiger partial charge is 0.464 e. The minimum Gasteiger partial charge on any atom is -0.464 e. The van der Waals surface area contributed by atoms with E-state index in [-0.39, 0.29) is 5.69 Å². The highest BCUT2D eigenvalue weighted by Crippen LogP contribution is 2.08. The van der Waals surface area contributed by atoms with E-state index in [0.29, 0.717) is 13.0 Å². The fraction of sp³-hybridized carbons (Fsp3) is 0.500. The molecule has 1 aromatic rings. The summed E-state index contributed by atoms with van der Waals surface area (Å²) in [6, 6.07) is 0. The van der Waals surface area contributed by atoms with E-state index in [1.807, 2.05) is 0 Å². The number of hydrogen-bond donors (Lipinski definition) is 0. The number of aromatic nitrogens is 2. The van der Waals surface area contributed by atoms with Crippen molar-refractivity contribution in [1.82, 2.24) is 9.78 Å². The molecule has 0 amide bonds. The van der Waals surface area contributed by atoms with E-state index in [1.54, 1.807) is 13.2 Å². The molecule has 0 aliphatic carbocycles. The Morgan fingerprint density at radius 1 is 1.80 bits per heavy atom. The maximum absolute atomic E-state index is 11.3. The van der Waals surface area contributed by atoms with Crippen LogP contribution in [0.15, 0.2) is 11.3 Å². The maximum atomic E-state index is 11.3. The summed E-state index contributed by atoms with van der Waals surface area (Å²) in [6.45, 7) is 0.298. The molecule has 15 heavy (non-hydrogen) atoms. The van der Waals surface area contributed by atoms with Crippen LogP contribution >= 0.6 is 0 Å². The van der Waals surface area contributed by atoms with Gasteiger partial charge in [0.15, 0.2) is 5.69 Å². The summed E-state index contributed by atoms with van der Waals surface area (Å²) in [7, 11) is 3.01. The number of hydrogen-bond acceptors (Lipinski definition) is 4. The molecule has 0 N–H and O–H groups in total. The number of aryl methyl sites for hydroxylation is 1. The van der Waals surface area contributed by atoms with Crippen molar-refractivity contribution < 1.29 is 9.53 Å². The first-order valence-corrected chi connectivity index (χ1v) is 4.30. The van der Waals surface area contributed by atoms with Gasteiger partial charge in [-0.3, -0.25) is 4.68 Å². The van der Waals surface area contributed by atoms with Gasteiger partial charge in [0.05, 0.1) is 7.11 Å². The van der Waals surface area contributed by atoms with E-state index in [2.05, 4.69) is 19.9 Å². The minimum absolute atomic E-state index is 0.271. The van der Waals surface area contributed by atoms with Crippen molar-refractivity contribution in [2.75, 3.05) is 13.7 Å². The van der Waals surface area contributed by atoms with Gasteiger partial charge in [-0.15, -0.1) is 0 Å². The number of nitrogens with zero attached hydrogens (tertiary/aromatic N) is 5. The monoisotopic (exact) mass is 209 g/mol. The summed E-state index contributed by atoms with van der Waals surface area (Å²) in [5.41, 5.74) is 9.11. The molecule has 0 aliphatic heterocycles. The molecule has 0 unspecified atom stereocenters. The summed E-state index contributed by atoms with van der Waals surface area (Å²) < 4.78 is 6.10. The third-order valence-electron chi connectivity index (χ3n) is 1.83. The molecule has 0 aromatic carbocycles. The molecule has 0 aliphatic rings. The predicted molar refractivity (Wildman–Crippen MR) is 52.3 cm³/mol. The molecule has 1 heterocycles. The zero-order valence-electron chi connectivity index (χ0n) is 8.54. The molecule has 0 fully saturated rings. The van der Waals surface area contributed by atoms with Crippen LogP contribution in [0.3, 0.4) is 0 Å². The summed E-state index contributed by atoms with van der Waals surface area (Å²) in [4.78, 5) is 13.9. The Kier molecular flexibility index (Phi) is 3.70. The Morgan fingerprint density at radius 2 is 2.53 bits per heavy atom. The van der Waals surface area contributed by atoms with Crippen LogP contribution in [0.5, 0.6) is 0 Å². The molecule has 0 bridgehead atoms. The van der Waals surface area contributed by atoms with Gasteiger partial charge in [-0.05, 0) is 12.0 Å². The van der Waals surface area contributed by atoms with Gasteiger partial charge in [-0.2, -0.15) is 5.10 Å². The zero-order valence-corrected chi connectivity index (χ0v) is 8.54. The quantitative estimate of drug-likeness (QED) is 0.321. The molecule has 0 saturated carbocycles. The van der Waals surface area contributed by atoms with E-state index in [4.69, 9.17) is 5.53 Å². The van der Waals surface area contributed by atoms with Crippen LogP contribution in [0.2, 0.25) is 0 Å². The lowest BCUT2D eigenvalue weighted by atomic mass is 10.2. The van der Waals surface area contributed by atoms with E-state index >= 15 is 0 Å². The SMILES string of the molecule is COC(=O)c1nn(C)cc1CCN=[N+]=[N-]. The van der Waals surface area contributed by atoms with Crippen LogP contribution < -0.4 is 0 Å². The van der Waals surface area contributed by atoms with Crippen molar-refractivity contribution in [2.45, 2.75) is 6.42 Å². The Bertz CT molecular complexity index is 405. The molecule has 80 valence electrons. The Morgan fingerprint density at radius 3 is 3.13 bits per heavy atom. The summed E-state index contributed by atoms with van der Waals surface area (Å²) in [5.74, 6) is -0.480. The van der Waals surface area contributed by atoms with Crippen molar-refractivity contribution in [3.63, 3.8) is 0 Å². The Balaban J connectivity index is 2.85. The molecular formula is C8H11N5O2. The number of esters is 1. The Labute approximate surface area is 86.3 Å². The number of rotatable bonds is 4. The maximum Gasteiger partial charge on any atom is 0.358 e. The molecule has 0 radical (unpaired) electrons. The van der Waals surface area contributed by atoms with Crippen LogP contribution in [0.4, 0.5) is 0 Å².